The SMILES string of the molecule is Cc1ccc(-c2cc(Cl)cnc2C#N)cc1.Cc1ccc(-c2cc(Cl)cnc2N)cc1.Cc1ccc(-c2nc(Br)cnc2C#N)cc1.Cc1ccc(B2OC(C)(C)C(C)(C)O2)cc1.Nc1ncc(Cl)cc1Br. The van der Waals surface area contributed by atoms with Crippen LogP contribution in [0.25, 0.3) is 33.5 Å². The van der Waals surface area contributed by atoms with Crippen LogP contribution in [0.4, 0.5) is 11.6 Å². The van der Waals surface area contributed by atoms with Gasteiger partial charge >= 0.3 is 7.12 Å². The largest absolute Gasteiger partial charge is 0.494 e. The van der Waals surface area contributed by atoms with Crippen LogP contribution in [0.5, 0.6) is 0 Å². The summed E-state index contributed by atoms with van der Waals surface area (Å²) in [6, 6.07) is 41.6. The van der Waals surface area contributed by atoms with E-state index in [9.17, 15) is 0 Å². The molecule has 17 heteroatoms. The Morgan fingerprint density at radius 2 is 0.903 bits per heavy atom. The van der Waals surface area contributed by atoms with Gasteiger partial charge in [-0.2, -0.15) is 10.5 Å². The number of hydrogen-bond acceptors (Lipinski definition) is 11. The molecule has 8 aromatic rings. The molecule has 9 rings (SSSR count). The lowest BCUT2D eigenvalue weighted by atomic mass is 9.79. The van der Waals surface area contributed by atoms with Crippen LogP contribution in [0.2, 0.25) is 15.1 Å². The number of nitrogens with zero attached hydrogens (tertiary/aromatic N) is 7. The minimum atomic E-state index is -0.261. The van der Waals surface area contributed by atoms with Gasteiger partial charge in [0, 0.05) is 35.3 Å². The standard InChI is InChI=1S/C13H19BO2.C13H9ClN2.C12H8BrN3.C12H11ClN2.C5H4BrClN2/c1-10-6-8-11(9-7-10)14-15-12(2,3)13(4,5)16-14;1-9-2-4-10(5-3-9)12-6-11(14)8-16-13(12)7-15;1-8-2-4-9(5-3-8)12-10(6-14)15-7-11(13)16-12;1-8-2-4-9(5-3-8)11-6-10(13)7-15-12(11)14;6-4-1-3(7)2-9-5(4)8/h6-9H,1-5H3;2-6,8H,1H3;2-5,7H,1H3;2-7H,1H3,(H2,14,15);1-2H,(H2,8,9). The Balaban J connectivity index is 0.000000169. The van der Waals surface area contributed by atoms with Gasteiger partial charge in [-0.3, -0.25) is 0 Å². The zero-order chi connectivity index (χ0) is 52.8. The fourth-order valence-electron chi connectivity index (χ4n) is 6.39. The van der Waals surface area contributed by atoms with Gasteiger partial charge in [-0.15, -0.1) is 0 Å². The number of nitriles is 2. The van der Waals surface area contributed by atoms with Crippen molar-refractivity contribution < 1.29 is 9.31 Å². The van der Waals surface area contributed by atoms with Gasteiger partial charge < -0.3 is 20.8 Å². The molecule has 0 bridgehead atoms. The van der Waals surface area contributed by atoms with E-state index in [-0.39, 0.29) is 18.3 Å². The van der Waals surface area contributed by atoms with E-state index in [2.05, 4.69) is 122 Å². The van der Waals surface area contributed by atoms with Crippen molar-refractivity contribution in [2.24, 2.45) is 0 Å². The van der Waals surface area contributed by atoms with Crippen LogP contribution in [-0.2, 0) is 9.31 Å². The Bertz CT molecular complexity index is 3070. The first-order valence-corrected chi connectivity index (χ1v) is 24.9. The lowest BCUT2D eigenvalue weighted by Gasteiger charge is -2.32. The molecule has 0 amide bonds. The summed E-state index contributed by atoms with van der Waals surface area (Å²) in [6.07, 6.45) is 6.06. The number of rotatable bonds is 4. The fourth-order valence-corrected chi connectivity index (χ4v) is 7.62. The van der Waals surface area contributed by atoms with E-state index in [1.54, 1.807) is 18.3 Å². The third-order valence-electron chi connectivity index (χ3n) is 11.2. The monoisotopic (exact) mass is 1140 g/mol. The summed E-state index contributed by atoms with van der Waals surface area (Å²) in [5, 5.41) is 19.6. The number of nitrogen functional groups attached to an aromatic ring is 2. The van der Waals surface area contributed by atoms with Crippen molar-refractivity contribution in [3.8, 4) is 45.6 Å². The van der Waals surface area contributed by atoms with Gasteiger partial charge in [0.2, 0.25) is 0 Å². The highest BCUT2D eigenvalue weighted by Crippen LogP contribution is 2.36. The van der Waals surface area contributed by atoms with Crippen molar-refractivity contribution in [2.45, 2.75) is 66.6 Å². The highest BCUT2D eigenvalue weighted by Gasteiger charge is 2.51. The van der Waals surface area contributed by atoms with Crippen LogP contribution in [0.3, 0.4) is 0 Å². The van der Waals surface area contributed by atoms with Crippen LogP contribution >= 0.6 is 66.7 Å². The Morgan fingerprint density at radius 1 is 0.514 bits per heavy atom. The molecule has 0 aliphatic carbocycles. The predicted molar refractivity (Wildman–Crippen MR) is 301 cm³/mol. The molecule has 5 heterocycles. The lowest BCUT2D eigenvalue weighted by Crippen LogP contribution is -2.41. The van der Waals surface area contributed by atoms with Crippen molar-refractivity contribution in [3.05, 3.63) is 198 Å². The number of anilines is 2. The maximum atomic E-state index is 8.97. The molecule has 0 atom stereocenters. The molecule has 1 aliphatic rings. The van der Waals surface area contributed by atoms with Crippen LogP contribution < -0.4 is 16.9 Å². The zero-order valence-electron chi connectivity index (χ0n) is 40.8. The Kier molecular flexibility index (Phi) is 20.5. The number of aromatic nitrogens is 5. The summed E-state index contributed by atoms with van der Waals surface area (Å²) in [6.45, 7) is 16.4. The highest BCUT2D eigenvalue weighted by atomic mass is 79.9. The van der Waals surface area contributed by atoms with E-state index in [0.717, 1.165) is 37.8 Å². The fraction of sp³-hybridized carbons (Fsp3) is 0.182. The minimum absolute atomic E-state index is 0.245. The van der Waals surface area contributed by atoms with Crippen molar-refractivity contribution in [2.75, 3.05) is 11.5 Å². The topological polar surface area (TPSA) is 183 Å². The van der Waals surface area contributed by atoms with Gasteiger partial charge in [-0.1, -0.05) is 154 Å². The molecule has 0 spiro atoms. The van der Waals surface area contributed by atoms with Gasteiger partial charge in [-0.25, -0.2) is 24.9 Å². The molecule has 4 N–H and O–H groups in total. The molecule has 0 saturated carbocycles. The molecule has 11 nitrogen and oxygen atoms in total. The molecule has 4 aromatic heterocycles. The lowest BCUT2D eigenvalue weighted by molar-refractivity contribution is 0.00578. The summed E-state index contributed by atoms with van der Waals surface area (Å²) < 4.78 is 13.3. The smallest absolute Gasteiger partial charge is 0.399 e. The van der Waals surface area contributed by atoms with Gasteiger partial charge in [0.05, 0.1) is 36.9 Å². The first kappa shape index (κ1) is 56.7. The van der Waals surface area contributed by atoms with Crippen molar-refractivity contribution in [1.82, 2.24) is 24.9 Å². The number of halogens is 5. The predicted octanol–water partition coefficient (Wildman–Crippen LogP) is 14.3. The van der Waals surface area contributed by atoms with Gasteiger partial charge in [0.25, 0.3) is 0 Å². The van der Waals surface area contributed by atoms with Crippen molar-refractivity contribution >= 4 is 90.9 Å². The summed E-state index contributed by atoms with van der Waals surface area (Å²) in [4.78, 5) is 20.1. The second kappa shape index (κ2) is 26.0. The first-order chi connectivity index (χ1) is 34.1. The Hall–Kier alpha value is -6.20. The maximum absolute atomic E-state index is 8.97. The Morgan fingerprint density at radius 3 is 1.36 bits per heavy atom. The number of aryl methyl sites for hydroxylation is 4. The summed E-state index contributed by atoms with van der Waals surface area (Å²) in [5.74, 6) is 0.961. The molecule has 1 fully saturated rings. The van der Waals surface area contributed by atoms with E-state index in [4.69, 9.17) is 66.1 Å². The maximum Gasteiger partial charge on any atom is 0.494 e. The quantitative estimate of drug-likeness (QED) is 0.160. The van der Waals surface area contributed by atoms with Crippen LogP contribution in [-0.4, -0.2) is 43.2 Å². The Labute approximate surface area is 454 Å². The zero-order valence-corrected chi connectivity index (χ0v) is 46.3. The molecule has 72 heavy (non-hydrogen) atoms. The summed E-state index contributed by atoms with van der Waals surface area (Å²) in [7, 11) is -0.245. The number of hydrogen-bond donors (Lipinski definition) is 2. The number of pyridine rings is 3. The average molecular weight is 1150 g/mol. The molecule has 0 radical (unpaired) electrons. The van der Waals surface area contributed by atoms with E-state index in [0.29, 0.717) is 48.4 Å². The summed E-state index contributed by atoms with van der Waals surface area (Å²) >= 11 is 23.8. The molecule has 366 valence electrons. The van der Waals surface area contributed by atoms with E-state index < -0.39 is 0 Å². The van der Waals surface area contributed by atoms with E-state index in [1.165, 1.54) is 40.8 Å². The van der Waals surface area contributed by atoms with E-state index >= 15 is 0 Å². The number of nitrogens with two attached hydrogens (primary N) is 2. The summed E-state index contributed by atoms with van der Waals surface area (Å²) in [5.41, 5.74) is 22.4. The third kappa shape index (κ3) is 16.2. The normalized spacial score (nSPS) is 12.7. The van der Waals surface area contributed by atoms with Crippen molar-refractivity contribution in [3.63, 3.8) is 0 Å². The molecular weight excluding hydrogens is 1100 g/mol. The second-order valence-corrected chi connectivity index (χ2v) is 20.3. The molecular formula is C55H51BBr2Cl3N9O2. The molecule has 0 unspecified atom stereocenters. The molecule has 4 aromatic carbocycles. The number of benzene rings is 4. The van der Waals surface area contributed by atoms with Crippen LogP contribution in [0.15, 0.2) is 149 Å². The first-order valence-electron chi connectivity index (χ1n) is 22.2. The third-order valence-corrected chi connectivity index (χ3v) is 12.8. The van der Waals surface area contributed by atoms with Crippen LogP contribution in [0, 0.1) is 50.4 Å². The minimum Gasteiger partial charge on any atom is -0.399 e. The van der Waals surface area contributed by atoms with Crippen molar-refractivity contribution in [1.29, 1.82) is 10.5 Å². The highest BCUT2D eigenvalue weighted by molar-refractivity contribution is 9.10. The van der Waals surface area contributed by atoms with Gasteiger partial charge in [-0.05, 0) is 122 Å². The average Bonchev–Trinajstić information content (AvgIpc) is 3.58. The van der Waals surface area contributed by atoms with Gasteiger partial charge in [0.1, 0.15) is 39.8 Å². The van der Waals surface area contributed by atoms with E-state index in [1.807, 2.05) is 106 Å². The second-order valence-electron chi connectivity index (χ2n) is 17.4. The molecule has 1 saturated heterocycles. The van der Waals surface area contributed by atoms with Crippen LogP contribution in [0.1, 0.15) is 61.3 Å². The molecule has 1 aliphatic heterocycles. The van der Waals surface area contributed by atoms with Gasteiger partial charge in [0.15, 0.2) is 5.69 Å².